The Morgan fingerprint density at radius 2 is 0.966 bits per heavy atom. The summed E-state index contributed by atoms with van der Waals surface area (Å²) in [4.78, 5) is 0. The van der Waals surface area contributed by atoms with Crippen molar-refractivity contribution < 1.29 is 13.2 Å². The molecule has 0 aliphatic rings. The van der Waals surface area contributed by atoms with Crippen LogP contribution in [-0.4, -0.2) is 16.0 Å². The minimum Gasteiger partial charge on any atom is -0.443 e. The molecule has 11 heteroatoms. The molecular weight excluding hydrogens is 524 g/mol. The summed E-state index contributed by atoms with van der Waals surface area (Å²) in [5, 5.41) is 1.20. The number of hydrogen-bond acceptors (Lipinski definition) is 3. The van der Waals surface area contributed by atoms with Crippen molar-refractivity contribution in [3.8, 4) is 0 Å². The van der Waals surface area contributed by atoms with Crippen LogP contribution < -0.4 is 0 Å². The molecule has 0 saturated heterocycles. The molecule has 0 aliphatic carbocycles. The van der Waals surface area contributed by atoms with E-state index in [2.05, 4.69) is 0 Å². The Balaban J connectivity index is 2.20. The van der Waals surface area contributed by atoms with Crippen LogP contribution >= 0.6 is 57.8 Å². The third-order valence-corrected chi connectivity index (χ3v) is 34.3. The van der Waals surface area contributed by atoms with Crippen molar-refractivity contribution >= 4 is 73.7 Å². The molecule has 2 aromatic carbocycles. The van der Waals surface area contributed by atoms with Crippen molar-refractivity contribution in [2.75, 3.05) is 0 Å². The maximum atomic E-state index is 13.4. The molecule has 160 valence electrons. The smallest absolute Gasteiger partial charge is 0.260 e. The van der Waals surface area contributed by atoms with Crippen LogP contribution in [-0.2, 0) is 25.6 Å². The van der Waals surface area contributed by atoms with Gasteiger partial charge in [-0.05, 0) is 61.6 Å². The van der Waals surface area contributed by atoms with Gasteiger partial charge in [0.2, 0.25) is 0 Å². The third kappa shape index (κ3) is 6.72. The lowest BCUT2D eigenvalue weighted by molar-refractivity contribution is 0.550. The van der Waals surface area contributed by atoms with E-state index in [0.717, 1.165) is 11.1 Å². The van der Waals surface area contributed by atoms with Gasteiger partial charge in [0.05, 0.1) is 0 Å². The lowest BCUT2D eigenvalue weighted by Gasteiger charge is -2.38. The summed E-state index contributed by atoms with van der Waals surface area (Å²) in [6.45, 7) is 7.24. The second-order valence-corrected chi connectivity index (χ2v) is 34.4. The van der Waals surface area contributed by atoms with Gasteiger partial charge in [-0.3, -0.25) is 0 Å². The van der Waals surface area contributed by atoms with Gasteiger partial charge in [-0.2, -0.15) is 0 Å². The van der Waals surface area contributed by atoms with Gasteiger partial charge in [-0.15, -0.1) is 0 Å². The molecule has 0 N–H and O–H groups in total. The fraction of sp³-hybridized carbons (Fsp3) is 0.333. The number of hydrogen-bond donors (Lipinski definition) is 0. The van der Waals surface area contributed by atoms with Gasteiger partial charge in [0, 0.05) is 22.4 Å². The fourth-order valence-electron chi connectivity index (χ4n) is 2.78. The van der Waals surface area contributed by atoms with Crippen LogP contribution in [0.5, 0.6) is 0 Å². The Morgan fingerprint density at radius 1 is 0.690 bits per heavy atom. The molecule has 3 nitrogen and oxygen atoms in total. The van der Waals surface area contributed by atoms with E-state index in [9.17, 15) is 9.13 Å². The topological polar surface area (TPSA) is 43.4 Å². The van der Waals surface area contributed by atoms with E-state index in [0.29, 0.717) is 10.0 Å². The van der Waals surface area contributed by atoms with Crippen molar-refractivity contribution in [2.45, 2.75) is 38.5 Å². The third-order valence-electron chi connectivity index (χ3n) is 4.71. The molecule has 2 aromatic rings. The molecule has 2 rings (SSSR count). The fourth-order valence-corrected chi connectivity index (χ4v) is 24.4. The largest absolute Gasteiger partial charge is 0.443 e. The highest BCUT2D eigenvalue weighted by atomic mass is 35.7. The second kappa shape index (κ2) is 9.52. The first-order chi connectivity index (χ1) is 13.2. The minimum absolute atomic E-state index is 0.194. The van der Waals surface area contributed by atoms with Crippen LogP contribution in [0.25, 0.3) is 0 Å². The van der Waals surface area contributed by atoms with Crippen molar-refractivity contribution in [1.29, 1.82) is 0 Å². The highest BCUT2D eigenvalue weighted by Crippen LogP contribution is 2.68. The van der Waals surface area contributed by atoms with Gasteiger partial charge in [0.1, 0.15) is 0 Å². The Morgan fingerprint density at radius 3 is 1.24 bits per heavy atom. The van der Waals surface area contributed by atoms with Gasteiger partial charge in [-0.25, -0.2) is 0 Å². The molecule has 0 fully saturated rings. The van der Waals surface area contributed by atoms with Crippen LogP contribution in [0.4, 0.5) is 0 Å². The van der Waals surface area contributed by atoms with E-state index in [1.54, 1.807) is 48.5 Å². The average Bonchev–Trinajstić information content (AvgIpc) is 2.57. The Labute approximate surface area is 194 Å². The van der Waals surface area contributed by atoms with Crippen molar-refractivity contribution in [2.24, 2.45) is 0 Å². The molecule has 0 radical (unpaired) electrons. The van der Waals surface area contributed by atoms with Gasteiger partial charge < -0.3 is 13.2 Å². The maximum Gasteiger partial charge on any atom is 0.260 e. The zero-order chi connectivity index (χ0) is 22.1. The van der Waals surface area contributed by atoms with Crippen LogP contribution in [0, 0.1) is 0 Å². The highest BCUT2D eigenvalue weighted by Gasteiger charge is 2.53. The predicted molar refractivity (Wildman–Crippen MR) is 133 cm³/mol. The van der Waals surface area contributed by atoms with E-state index in [1.807, 2.05) is 26.2 Å². The van der Waals surface area contributed by atoms with Gasteiger partial charge in [-0.1, -0.05) is 69.9 Å². The molecule has 0 aromatic heterocycles. The lowest BCUT2D eigenvalue weighted by Crippen LogP contribution is -2.43. The van der Waals surface area contributed by atoms with Crippen LogP contribution in [0.2, 0.25) is 36.2 Å². The summed E-state index contributed by atoms with van der Waals surface area (Å²) in [5.41, 5.74) is 1.65. The molecule has 0 amide bonds. The van der Waals surface area contributed by atoms with E-state index < -0.39 is 28.1 Å². The summed E-state index contributed by atoms with van der Waals surface area (Å²) >= 11 is 25.0. The molecular formula is C18H24Cl4O3P2Si2. The molecule has 0 heterocycles. The van der Waals surface area contributed by atoms with E-state index in [-0.39, 0.29) is 12.3 Å². The quantitative estimate of drug-likeness (QED) is 0.244. The van der Waals surface area contributed by atoms with Gasteiger partial charge in [0.15, 0.2) is 12.1 Å². The lowest BCUT2D eigenvalue weighted by atomic mass is 10.2. The van der Waals surface area contributed by atoms with Crippen molar-refractivity contribution in [1.82, 2.24) is 0 Å². The minimum atomic E-state index is -3.20. The van der Waals surface area contributed by atoms with Crippen molar-refractivity contribution in [3.05, 3.63) is 69.7 Å². The molecule has 0 saturated carbocycles. The van der Waals surface area contributed by atoms with E-state index >= 15 is 0 Å². The van der Waals surface area contributed by atoms with Gasteiger partial charge >= 0.3 is 0 Å². The normalized spacial score (nSPS) is 16.8. The van der Waals surface area contributed by atoms with Gasteiger partial charge in [0.25, 0.3) is 16.0 Å². The molecule has 0 bridgehead atoms. The van der Waals surface area contributed by atoms with Crippen LogP contribution in [0.1, 0.15) is 11.1 Å². The zero-order valence-electron chi connectivity index (χ0n) is 16.7. The molecule has 0 aliphatic heterocycles. The van der Waals surface area contributed by atoms with E-state index in [1.165, 1.54) is 0 Å². The second-order valence-electron chi connectivity index (χ2n) is 7.87. The number of rotatable bonds is 8. The predicted octanol–water partition coefficient (Wildman–Crippen LogP) is 9.15. The molecule has 2 atom stereocenters. The number of benzene rings is 2. The number of halogens is 4. The van der Waals surface area contributed by atoms with Crippen LogP contribution in [0.3, 0.4) is 0 Å². The first-order valence-corrected chi connectivity index (χ1v) is 22.8. The Bertz CT molecular complexity index is 873. The average molecular weight is 548 g/mol. The zero-order valence-corrected chi connectivity index (χ0v) is 23.5. The van der Waals surface area contributed by atoms with Crippen LogP contribution in [0.15, 0.2) is 48.5 Å². The standard InChI is InChI=1S/C18H24Cl4O3P2Si2/c1-28(2,26(21,23)13-15-5-9-17(19)10-6-15)25-29(3,4)27(22,24)14-16-7-11-18(20)12-8-16/h5-12H,13-14H2,1-4H3. The summed E-state index contributed by atoms with van der Waals surface area (Å²) in [5.74, 6) is 0. The molecule has 29 heavy (non-hydrogen) atoms. The first-order valence-electron chi connectivity index (χ1n) is 8.92. The Kier molecular flexibility index (Phi) is 8.44. The first kappa shape index (κ1) is 25.7. The summed E-state index contributed by atoms with van der Waals surface area (Å²) in [6, 6.07) is 7.75. The molecule has 0 spiro atoms. The summed E-state index contributed by atoms with van der Waals surface area (Å²) < 4.78 is 33.3. The summed E-state index contributed by atoms with van der Waals surface area (Å²) in [6.07, 6.45) is 0.387. The monoisotopic (exact) mass is 546 g/mol. The summed E-state index contributed by atoms with van der Waals surface area (Å²) in [7, 11) is -5.85. The SMILES string of the molecule is C[Si](C)(O[Si](C)(C)P(=O)(Cl)Cc1ccc(Cl)cc1)P(=O)(Cl)Cc1ccc(Cl)cc1. The van der Waals surface area contributed by atoms with E-state index in [4.69, 9.17) is 49.8 Å². The van der Waals surface area contributed by atoms with Crippen molar-refractivity contribution in [3.63, 3.8) is 0 Å². The highest BCUT2D eigenvalue weighted by molar-refractivity contribution is 8.17. The Hall–Kier alpha value is 0.454. The molecule has 2 unspecified atom stereocenters. The maximum absolute atomic E-state index is 13.4.